The smallest absolute Gasteiger partial charge is 0.251 e. The Hall–Kier alpha value is -2.84. The Morgan fingerprint density at radius 3 is 2.58 bits per heavy atom. The summed E-state index contributed by atoms with van der Waals surface area (Å²) < 4.78 is 0. The Labute approximate surface area is 153 Å². The largest absolute Gasteiger partial charge is 0.396 e. The first-order valence-corrected chi connectivity index (χ1v) is 8.92. The highest BCUT2D eigenvalue weighted by molar-refractivity contribution is 5.94. The van der Waals surface area contributed by atoms with E-state index in [1.54, 1.807) is 24.3 Å². The summed E-state index contributed by atoms with van der Waals surface area (Å²) in [5, 5.41) is 21.0. The predicted molar refractivity (Wildman–Crippen MR) is 101 cm³/mol. The number of nitrogens with zero attached hydrogens (tertiary/aromatic N) is 2. The number of carbonyl (C=O) groups excluding carboxylic acids is 1. The van der Waals surface area contributed by atoms with Gasteiger partial charge in [-0.15, -0.1) is 0 Å². The molecule has 1 heterocycles. The Morgan fingerprint density at radius 2 is 1.92 bits per heavy atom. The molecule has 0 aliphatic carbocycles. The van der Waals surface area contributed by atoms with E-state index in [2.05, 4.69) is 22.3 Å². The second kappa shape index (κ2) is 8.50. The van der Waals surface area contributed by atoms with Crippen molar-refractivity contribution in [2.75, 3.05) is 24.6 Å². The summed E-state index contributed by atoms with van der Waals surface area (Å²) in [6.07, 6.45) is 2.05. The lowest BCUT2D eigenvalue weighted by molar-refractivity contribution is 0.0951. The Morgan fingerprint density at radius 1 is 1.19 bits per heavy atom. The number of amides is 1. The molecule has 5 heteroatoms. The number of hydrogen-bond acceptors (Lipinski definition) is 4. The zero-order chi connectivity index (χ0) is 18.4. The molecule has 1 aliphatic heterocycles. The van der Waals surface area contributed by atoms with E-state index in [4.69, 9.17) is 5.26 Å². The van der Waals surface area contributed by atoms with Crippen LogP contribution in [0, 0.1) is 17.2 Å². The van der Waals surface area contributed by atoms with Crippen LogP contribution in [0.5, 0.6) is 0 Å². The fraction of sp³-hybridized carbons (Fsp3) is 0.333. The van der Waals surface area contributed by atoms with Crippen LogP contribution in [0.25, 0.3) is 0 Å². The molecular formula is C21H23N3O2. The third-order valence-corrected chi connectivity index (χ3v) is 4.88. The van der Waals surface area contributed by atoms with Crippen molar-refractivity contribution in [3.63, 3.8) is 0 Å². The van der Waals surface area contributed by atoms with Crippen molar-refractivity contribution in [3.05, 3.63) is 65.2 Å². The molecule has 1 saturated heterocycles. The minimum absolute atomic E-state index is 0.183. The number of aliphatic hydroxyl groups excluding tert-OH is 1. The van der Waals surface area contributed by atoms with Crippen molar-refractivity contribution in [3.8, 4) is 6.07 Å². The summed E-state index contributed by atoms with van der Waals surface area (Å²) >= 11 is 0. The van der Waals surface area contributed by atoms with E-state index in [-0.39, 0.29) is 12.5 Å². The van der Waals surface area contributed by atoms with Gasteiger partial charge in [0.1, 0.15) is 0 Å². The third-order valence-electron chi connectivity index (χ3n) is 4.88. The topological polar surface area (TPSA) is 76.4 Å². The number of nitriles is 1. The molecule has 2 N–H and O–H groups in total. The van der Waals surface area contributed by atoms with E-state index in [0.29, 0.717) is 23.6 Å². The molecular weight excluding hydrogens is 326 g/mol. The first kappa shape index (κ1) is 18.0. The first-order chi connectivity index (χ1) is 12.7. The lowest BCUT2D eigenvalue weighted by atomic mass is 9.97. The monoisotopic (exact) mass is 349 g/mol. The predicted octanol–water partition coefficient (Wildman–Crippen LogP) is 2.70. The van der Waals surface area contributed by atoms with Gasteiger partial charge < -0.3 is 15.3 Å². The van der Waals surface area contributed by atoms with Crippen LogP contribution >= 0.6 is 0 Å². The fourth-order valence-corrected chi connectivity index (χ4v) is 3.21. The molecule has 0 unspecified atom stereocenters. The molecule has 2 aromatic carbocycles. The van der Waals surface area contributed by atoms with E-state index in [0.717, 1.165) is 31.5 Å². The molecule has 3 rings (SSSR count). The van der Waals surface area contributed by atoms with Gasteiger partial charge in [-0.05, 0) is 54.7 Å². The van der Waals surface area contributed by atoms with E-state index in [9.17, 15) is 9.90 Å². The fourth-order valence-electron chi connectivity index (χ4n) is 3.21. The van der Waals surface area contributed by atoms with Crippen LogP contribution in [0.2, 0.25) is 0 Å². The van der Waals surface area contributed by atoms with Gasteiger partial charge in [0.15, 0.2) is 0 Å². The third kappa shape index (κ3) is 4.41. The van der Waals surface area contributed by atoms with E-state index in [1.807, 2.05) is 18.2 Å². The minimum atomic E-state index is -0.183. The van der Waals surface area contributed by atoms with Crippen molar-refractivity contribution in [1.82, 2.24) is 5.32 Å². The van der Waals surface area contributed by atoms with Gasteiger partial charge in [-0.25, -0.2) is 0 Å². The lowest BCUT2D eigenvalue weighted by Gasteiger charge is -2.33. The van der Waals surface area contributed by atoms with Gasteiger partial charge in [-0.1, -0.05) is 18.2 Å². The van der Waals surface area contributed by atoms with Crippen LogP contribution in [-0.4, -0.2) is 30.7 Å². The number of rotatable bonds is 5. The number of anilines is 1. The molecule has 26 heavy (non-hydrogen) atoms. The summed E-state index contributed by atoms with van der Waals surface area (Å²) in [5.74, 6) is 0.248. The summed E-state index contributed by atoms with van der Waals surface area (Å²) in [5.41, 5.74) is 3.18. The van der Waals surface area contributed by atoms with Gasteiger partial charge >= 0.3 is 0 Å². The molecule has 134 valence electrons. The van der Waals surface area contributed by atoms with Crippen LogP contribution in [-0.2, 0) is 6.54 Å². The highest BCUT2D eigenvalue weighted by Gasteiger charge is 2.18. The quantitative estimate of drug-likeness (QED) is 0.870. The Balaban J connectivity index is 1.54. The molecule has 0 spiro atoms. The van der Waals surface area contributed by atoms with Crippen molar-refractivity contribution >= 4 is 11.6 Å². The normalized spacial score (nSPS) is 14.7. The zero-order valence-corrected chi connectivity index (χ0v) is 14.7. The van der Waals surface area contributed by atoms with E-state index in [1.165, 1.54) is 5.69 Å². The highest BCUT2D eigenvalue weighted by atomic mass is 16.3. The van der Waals surface area contributed by atoms with Crippen molar-refractivity contribution in [2.45, 2.75) is 19.4 Å². The van der Waals surface area contributed by atoms with Gasteiger partial charge in [0.25, 0.3) is 5.91 Å². The summed E-state index contributed by atoms with van der Waals surface area (Å²) in [7, 11) is 0. The molecule has 1 amide bonds. The number of carbonyl (C=O) groups is 1. The average molecular weight is 349 g/mol. The van der Waals surface area contributed by atoms with Crippen LogP contribution in [0.3, 0.4) is 0 Å². The zero-order valence-electron chi connectivity index (χ0n) is 14.7. The van der Waals surface area contributed by atoms with E-state index < -0.39 is 0 Å². The summed E-state index contributed by atoms with van der Waals surface area (Å²) in [6.45, 7) is 2.67. The molecule has 0 radical (unpaired) electrons. The number of piperidine rings is 1. The second-order valence-electron chi connectivity index (χ2n) is 6.65. The summed E-state index contributed by atoms with van der Waals surface area (Å²) in [4.78, 5) is 14.5. The average Bonchev–Trinajstić information content (AvgIpc) is 2.72. The maximum Gasteiger partial charge on any atom is 0.251 e. The second-order valence-corrected chi connectivity index (χ2v) is 6.65. The SMILES string of the molecule is N#Cc1cccc(C(=O)NCc2ccc(N3CCC(CO)CC3)cc2)c1. The van der Waals surface area contributed by atoms with Gasteiger partial charge in [-0.2, -0.15) is 5.26 Å². The molecule has 1 aliphatic rings. The van der Waals surface area contributed by atoms with Crippen LogP contribution in [0.4, 0.5) is 5.69 Å². The van der Waals surface area contributed by atoms with Gasteiger partial charge in [0.2, 0.25) is 0 Å². The Bertz CT molecular complexity index is 788. The number of aliphatic hydroxyl groups is 1. The standard InChI is InChI=1S/C21H23N3O2/c22-13-18-2-1-3-19(12-18)21(26)23-14-16-4-6-20(7-5-16)24-10-8-17(15-25)9-11-24/h1-7,12,17,25H,8-11,14-15H2,(H,23,26). The van der Waals surface area contributed by atoms with Crippen LogP contribution in [0.1, 0.15) is 34.3 Å². The maximum atomic E-state index is 12.2. The van der Waals surface area contributed by atoms with Crippen LogP contribution < -0.4 is 10.2 Å². The molecule has 0 bridgehead atoms. The molecule has 1 fully saturated rings. The van der Waals surface area contributed by atoms with Crippen LogP contribution in [0.15, 0.2) is 48.5 Å². The molecule has 2 aromatic rings. The lowest BCUT2D eigenvalue weighted by Crippen LogP contribution is -2.34. The summed E-state index contributed by atoms with van der Waals surface area (Å²) in [6, 6.07) is 16.9. The molecule has 0 aromatic heterocycles. The molecule has 5 nitrogen and oxygen atoms in total. The number of benzene rings is 2. The maximum absolute atomic E-state index is 12.2. The minimum Gasteiger partial charge on any atom is -0.396 e. The van der Waals surface area contributed by atoms with Gasteiger partial charge in [-0.3, -0.25) is 4.79 Å². The van der Waals surface area contributed by atoms with Crippen molar-refractivity contribution in [2.24, 2.45) is 5.92 Å². The van der Waals surface area contributed by atoms with Gasteiger partial charge in [0, 0.05) is 37.5 Å². The van der Waals surface area contributed by atoms with Crippen molar-refractivity contribution < 1.29 is 9.90 Å². The highest BCUT2D eigenvalue weighted by Crippen LogP contribution is 2.23. The molecule has 0 atom stereocenters. The van der Waals surface area contributed by atoms with E-state index >= 15 is 0 Å². The first-order valence-electron chi connectivity index (χ1n) is 8.92. The van der Waals surface area contributed by atoms with Crippen molar-refractivity contribution in [1.29, 1.82) is 5.26 Å². The number of hydrogen-bond donors (Lipinski definition) is 2. The Kier molecular flexibility index (Phi) is 5.88. The number of nitrogens with one attached hydrogen (secondary N) is 1. The van der Waals surface area contributed by atoms with Gasteiger partial charge in [0.05, 0.1) is 11.6 Å². The molecule has 0 saturated carbocycles.